The molecule has 0 aromatic heterocycles. The second kappa shape index (κ2) is 8.86. The molecule has 0 amide bonds. The number of unbranched alkanes of at least 4 members (excludes halogenated alkanes) is 6. The molecule has 0 atom stereocenters. The van der Waals surface area contributed by atoms with Crippen LogP contribution < -0.4 is 0 Å². The van der Waals surface area contributed by atoms with Crippen LogP contribution in [0.1, 0.15) is 58.3 Å². The molecule has 0 saturated heterocycles. The van der Waals surface area contributed by atoms with Crippen LogP contribution in [-0.4, -0.2) is 8.32 Å². The van der Waals surface area contributed by atoms with E-state index >= 15 is 0 Å². The lowest BCUT2D eigenvalue weighted by molar-refractivity contribution is 0.394. The van der Waals surface area contributed by atoms with Crippen molar-refractivity contribution < 1.29 is 4.43 Å². The monoisotopic (exact) mass is 242 g/mol. The lowest BCUT2D eigenvalue weighted by Crippen LogP contribution is -2.24. The molecule has 1 nitrogen and oxygen atoms in total. The first-order chi connectivity index (χ1) is 7.45. The molecule has 0 aliphatic heterocycles. The van der Waals surface area contributed by atoms with Gasteiger partial charge in [0.1, 0.15) is 0 Å². The third kappa shape index (κ3) is 11.8. The standard InChI is InChI=1S/C14H30OSi/c1-6-7-8-9-10-11-12-13-14(2)15-16(3,4)5/h2,6-13H2,1,3-5H3. The van der Waals surface area contributed by atoms with Crippen molar-refractivity contribution in [3.8, 4) is 0 Å². The van der Waals surface area contributed by atoms with Crippen molar-refractivity contribution in [2.24, 2.45) is 0 Å². The van der Waals surface area contributed by atoms with E-state index in [2.05, 4.69) is 33.1 Å². The molecule has 0 aliphatic rings. The molecule has 0 unspecified atom stereocenters. The van der Waals surface area contributed by atoms with Gasteiger partial charge in [-0.05, 0) is 26.1 Å². The zero-order valence-electron chi connectivity index (χ0n) is 11.8. The van der Waals surface area contributed by atoms with Crippen LogP contribution in [-0.2, 0) is 4.43 Å². The zero-order valence-corrected chi connectivity index (χ0v) is 12.8. The van der Waals surface area contributed by atoms with Gasteiger partial charge in [-0.25, -0.2) is 0 Å². The van der Waals surface area contributed by atoms with Crippen LogP contribution in [0, 0.1) is 0 Å². The molecule has 0 bridgehead atoms. The first kappa shape index (κ1) is 15.8. The minimum atomic E-state index is -1.41. The summed E-state index contributed by atoms with van der Waals surface area (Å²) in [6.45, 7) is 12.9. The molecule has 0 heterocycles. The zero-order chi connectivity index (χ0) is 12.4. The summed E-state index contributed by atoms with van der Waals surface area (Å²) in [4.78, 5) is 0. The molecule has 96 valence electrons. The molecule has 0 rings (SSSR count). The van der Waals surface area contributed by atoms with Gasteiger partial charge in [0, 0.05) is 6.42 Å². The largest absolute Gasteiger partial charge is 0.548 e. The summed E-state index contributed by atoms with van der Waals surface area (Å²) in [6, 6.07) is 0. The van der Waals surface area contributed by atoms with Gasteiger partial charge in [-0.1, -0.05) is 52.0 Å². The van der Waals surface area contributed by atoms with Gasteiger partial charge >= 0.3 is 0 Å². The van der Waals surface area contributed by atoms with E-state index < -0.39 is 8.32 Å². The van der Waals surface area contributed by atoms with E-state index in [1.165, 1.54) is 44.9 Å². The predicted molar refractivity (Wildman–Crippen MR) is 76.2 cm³/mol. The maximum atomic E-state index is 5.83. The van der Waals surface area contributed by atoms with E-state index in [0.717, 1.165) is 12.2 Å². The summed E-state index contributed by atoms with van der Waals surface area (Å²) >= 11 is 0. The SMILES string of the molecule is C=C(CCCCCCCCC)O[Si](C)(C)C. The highest BCUT2D eigenvalue weighted by Gasteiger charge is 2.16. The van der Waals surface area contributed by atoms with Gasteiger partial charge in [0.05, 0.1) is 5.76 Å². The number of allylic oxidation sites excluding steroid dienone is 1. The average molecular weight is 242 g/mol. The van der Waals surface area contributed by atoms with Crippen LogP contribution in [0.3, 0.4) is 0 Å². The Morgan fingerprint density at radius 1 is 0.938 bits per heavy atom. The Hall–Kier alpha value is -0.243. The van der Waals surface area contributed by atoms with Crippen LogP contribution in [0.15, 0.2) is 12.3 Å². The second-order valence-electron chi connectivity index (χ2n) is 5.62. The van der Waals surface area contributed by atoms with Gasteiger partial charge in [-0.3, -0.25) is 0 Å². The van der Waals surface area contributed by atoms with Crippen molar-refractivity contribution in [1.29, 1.82) is 0 Å². The van der Waals surface area contributed by atoms with Gasteiger partial charge in [-0.15, -0.1) is 0 Å². The van der Waals surface area contributed by atoms with E-state index in [9.17, 15) is 0 Å². The molecule has 0 aliphatic carbocycles. The first-order valence-corrected chi connectivity index (χ1v) is 10.2. The van der Waals surface area contributed by atoms with Gasteiger partial charge in [-0.2, -0.15) is 0 Å². The Labute approximate surface area is 103 Å². The highest BCUT2D eigenvalue weighted by molar-refractivity contribution is 6.70. The number of hydrogen-bond acceptors (Lipinski definition) is 1. The molecule has 0 aromatic rings. The Kier molecular flexibility index (Phi) is 8.72. The van der Waals surface area contributed by atoms with Crippen molar-refractivity contribution in [2.45, 2.75) is 77.9 Å². The van der Waals surface area contributed by atoms with Crippen LogP contribution >= 0.6 is 0 Å². The van der Waals surface area contributed by atoms with E-state index in [4.69, 9.17) is 4.43 Å². The van der Waals surface area contributed by atoms with E-state index in [-0.39, 0.29) is 0 Å². The summed E-state index contributed by atoms with van der Waals surface area (Å²) in [7, 11) is -1.41. The van der Waals surface area contributed by atoms with Crippen molar-refractivity contribution in [3.63, 3.8) is 0 Å². The summed E-state index contributed by atoms with van der Waals surface area (Å²) in [5.41, 5.74) is 0. The number of rotatable bonds is 10. The molecule has 0 fully saturated rings. The molecular weight excluding hydrogens is 212 g/mol. The van der Waals surface area contributed by atoms with Crippen LogP contribution in [0.25, 0.3) is 0 Å². The fraction of sp³-hybridized carbons (Fsp3) is 0.857. The molecule has 0 spiro atoms. The summed E-state index contributed by atoms with van der Waals surface area (Å²) in [5, 5.41) is 0. The molecule has 2 heteroatoms. The first-order valence-electron chi connectivity index (χ1n) is 6.82. The molecule has 0 N–H and O–H groups in total. The van der Waals surface area contributed by atoms with Gasteiger partial charge < -0.3 is 4.43 Å². The minimum absolute atomic E-state index is 1.01. The third-order valence-electron chi connectivity index (χ3n) is 2.51. The molecule has 0 radical (unpaired) electrons. The van der Waals surface area contributed by atoms with Crippen molar-refractivity contribution >= 4 is 8.32 Å². The van der Waals surface area contributed by atoms with Gasteiger partial charge in [0.2, 0.25) is 8.32 Å². The molecule has 0 saturated carbocycles. The van der Waals surface area contributed by atoms with Crippen LogP contribution in [0.5, 0.6) is 0 Å². The maximum Gasteiger partial charge on any atom is 0.241 e. The Morgan fingerprint density at radius 3 is 1.94 bits per heavy atom. The smallest absolute Gasteiger partial charge is 0.241 e. The number of hydrogen-bond donors (Lipinski definition) is 0. The Bertz CT molecular complexity index is 182. The van der Waals surface area contributed by atoms with Crippen LogP contribution in [0.2, 0.25) is 19.6 Å². The maximum absolute atomic E-state index is 5.83. The van der Waals surface area contributed by atoms with Crippen molar-refractivity contribution in [1.82, 2.24) is 0 Å². The van der Waals surface area contributed by atoms with E-state index in [1.54, 1.807) is 0 Å². The fourth-order valence-electron chi connectivity index (χ4n) is 1.76. The molecule has 16 heavy (non-hydrogen) atoms. The molecule has 0 aromatic carbocycles. The quantitative estimate of drug-likeness (QED) is 0.279. The fourth-order valence-corrected chi connectivity index (χ4v) is 2.73. The Balaban J connectivity index is 3.28. The highest BCUT2D eigenvalue weighted by atomic mass is 28.4. The predicted octanol–water partition coefficient (Wildman–Crippen LogP) is 5.49. The van der Waals surface area contributed by atoms with Gasteiger partial charge in [0.25, 0.3) is 0 Å². The summed E-state index contributed by atoms with van der Waals surface area (Å²) < 4.78 is 5.83. The van der Waals surface area contributed by atoms with Crippen molar-refractivity contribution in [2.75, 3.05) is 0 Å². The minimum Gasteiger partial charge on any atom is -0.548 e. The summed E-state index contributed by atoms with van der Waals surface area (Å²) in [6.07, 6.45) is 10.5. The van der Waals surface area contributed by atoms with Crippen molar-refractivity contribution in [3.05, 3.63) is 12.3 Å². The van der Waals surface area contributed by atoms with Gasteiger partial charge in [0.15, 0.2) is 0 Å². The second-order valence-corrected chi connectivity index (χ2v) is 10.1. The average Bonchev–Trinajstić information content (AvgIpc) is 2.13. The van der Waals surface area contributed by atoms with E-state index in [1.807, 2.05) is 0 Å². The normalized spacial score (nSPS) is 11.5. The topological polar surface area (TPSA) is 9.23 Å². The van der Waals surface area contributed by atoms with Crippen LogP contribution in [0.4, 0.5) is 0 Å². The lowest BCUT2D eigenvalue weighted by atomic mass is 10.1. The lowest BCUT2D eigenvalue weighted by Gasteiger charge is -2.20. The highest BCUT2D eigenvalue weighted by Crippen LogP contribution is 2.16. The molecular formula is C14H30OSi. The third-order valence-corrected chi connectivity index (χ3v) is 3.41. The van der Waals surface area contributed by atoms with E-state index in [0.29, 0.717) is 0 Å². The Morgan fingerprint density at radius 2 is 1.44 bits per heavy atom. The summed E-state index contributed by atoms with van der Waals surface area (Å²) in [5.74, 6) is 1.01.